The smallest absolute Gasteiger partial charge is 0.230 e. The van der Waals surface area contributed by atoms with E-state index < -0.39 is 0 Å². The highest BCUT2D eigenvalue weighted by molar-refractivity contribution is 8.00. The maximum Gasteiger partial charge on any atom is 0.230 e. The lowest BCUT2D eigenvalue weighted by Gasteiger charge is -2.08. The van der Waals surface area contributed by atoms with E-state index in [9.17, 15) is 4.79 Å². The molecule has 0 saturated carbocycles. The number of aryl methyl sites for hydroxylation is 3. The van der Waals surface area contributed by atoms with Crippen LogP contribution in [0, 0.1) is 12.8 Å². The third-order valence-electron chi connectivity index (χ3n) is 3.69. The monoisotopic (exact) mass is 335 g/mol. The van der Waals surface area contributed by atoms with Gasteiger partial charge in [0.1, 0.15) is 15.7 Å². The van der Waals surface area contributed by atoms with E-state index in [1.165, 1.54) is 34.0 Å². The maximum absolute atomic E-state index is 11.9. The Labute approximate surface area is 139 Å². The minimum Gasteiger partial charge on any atom is -0.355 e. The van der Waals surface area contributed by atoms with E-state index >= 15 is 0 Å². The van der Waals surface area contributed by atoms with Crippen molar-refractivity contribution in [2.45, 2.75) is 45.1 Å². The normalized spacial score (nSPS) is 13.8. The minimum absolute atomic E-state index is 0.0787. The molecule has 0 aliphatic heterocycles. The summed E-state index contributed by atoms with van der Waals surface area (Å²) in [6, 6.07) is 0. The van der Waals surface area contributed by atoms with Crippen molar-refractivity contribution in [3.8, 4) is 0 Å². The molecule has 22 heavy (non-hydrogen) atoms. The van der Waals surface area contributed by atoms with Gasteiger partial charge < -0.3 is 5.32 Å². The number of carbonyl (C=O) groups is 1. The van der Waals surface area contributed by atoms with E-state index in [-0.39, 0.29) is 5.91 Å². The summed E-state index contributed by atoms with van der Waals surface area (Å²) >= 11 is 3.34. The molecule has 6 heteroatoms. The first-order valence-electron chi connectivity index (χ1n) is 7.73. The first-order chi connectivity index (χ1) is 10.5. The molecule has 0 atom stereocenters. The Hall–Kier alpha value is -1.14. The van der Waals surface area contributed by atoms with Crippen molar-refractivity contribution < 1.29 is 4.79 Å². The number of hydrogen-bond donors (Lipinski definition) is 1. The van der Waals surface area contributed by atoms with Gasteiger partial charge in [0.25, 0.3) is 0 Å². The van der Waals surface area contributed by atoms with Crippen molar-refractivity contribution in [1.29, 1.82) is 0 Å². The number of fused-ring (bicyclic) bond motifs is 3. The second-order valence-electron chi connectivity index (χ2n) is 6.10. The van der Waals surface area contributed by atoms with Crippen LogP contribution in [0.1, 0.15) is 36.5 Å². The lowest BCUT2D eigenvalue weighted by molar-refractivity contribution is -0.118. The molecule has 2 heterocycles. The Morgan fingerprint density at radius 1 is 1.36 bits per heavy atom. The lowest BCUT2D eigenvalue weighted by Crippen LogP contribution is -2.28. The van der Waals surface area contributed by atoms with Crippen molar-refractivity contribution in [2.75, 3.05) is 12.3 Å². The molecule has 0 spiro atoms. The Morgan fingerprint density at radius 2 is 2.18 bits per heavy atom. The SMILES string of the molecule is Cc1nc(SCC(=O)NCC(C)C)c2c3c(sc2n1)CCC3. The number of thioether (sulfide) groups is 1. The van der Waals surface area contributed by atoms with Crippen LogP contribution in [0.4, 0.5) is 0 Å². The van der Waals surface area contributed by atoms with Crippen molar-refractivity contribution >= 4 is 39.2 Å². The molecule has 0 aromatic carbocycles. The number of aromatic nitrogens is 2. The molecular formula is C16H21N3OS2. The summed E-state index contributed by atoms with van der Waals surface area (Å²) in [5.74, 6) is 1.76. The summed E-state index contributed by atoms with van der Waals surface area (Å²) in [7, 11) is 0. The number of rotatable bonds is 5. The summed E-state index contributed by atoms with van der Waals surface area (Å²) in [6.07, 6.45) is 3.51. The number of hydrogen-bond acceptors (Lipinski definition) is 5. The largest absolute Gasteiger partial charge is 0.355 e. The first kappa shape index (κ1) is 15.7. The average molecular weight is 335 g/mol. The van der Waals surface area contributed by atoms with Crippen LogP contribution in [-0.4, -0.2) is 28.2 Å². The summed E-state index contributed by atoms with van der Waals surface area (Å²) in [5, 5.41) is 5.13. The molecule has 2 aromatic heterocycles. The number of nitrogens with zero attached hydrogens (tertiary/aromatic N) is 2. The number of nitrogens with one attached hydrogen (secondary N) is 1. The van der Waals surface area contributed by atoms with Crippen LogP contribution in [0.3, 0.4) is 0 Å². The van der Waals surface area contributed by atoms with Gasteiger partial charge in [0.05, 0.1) is 5.75 Å². The van der Waals surface area contributed by atoms with Crippen LogP contribution in [0.15, 0.2) is 5.03 Å². The van der Waals surface area contributed by atoms with E-state index in [2.05, 4.69) is 29.1 Å². The zero-order valence-electron chi connectivity index (χ0n) is 13.2. The van der Waals surface area contributed by atoms with Crippen molar-refractivity contribution in [3.05, 3.63) is 16.3 Å². The fourth-order valence-corrected chi connectivity index (χ4v) is 4.97. The third kappa shape index (κ3) is 3.27. The van der Waals surface area contributed by atoms with E-state index in [0.29, 0.717) is 11.7 Å². The number of amides is 1. The van der Waals surface area contributed by atoms with Gasteiger partial charge in [-0.1, -0.05) is 25.6 Å². The fraction of sp³-hybridized carbons (Fsp3) is 0.562. The summed E-state index contributed by atoms with van der Waals surface area (Å²) in [6.45, 7) is 6.84. The summed E-state index contributed by atoms with van der Waals surface area (Å²) < 4.78 is 0. The first-order valence-corrected chi connectivity index (χ1v) is 9.53. The predicted molar refractivity (Wildman–Crippen MR) is 92.7 cm³/mol. The van der Waals surface area contributed by atoms with E-state index in [1.807, 2.05) is 6.92 Å². The van der Waals surface area contributed by atoms with Crippen LogP contribution >= 0.6 is 23.1 Å². The number of thiophene rings is 1. The Balaban J connectivity index is 1.80. The van der Waals surface area contributed by atoms with Gasteiger partial charge in [0.2, 0.25) is 5.91 Å². The number of carbonyl (C=O) groups excluding carboxylic acids is 1. The summed E-state index contributed by atoms with van der Waals surface area (Å²) in [4.78, 5) is 23.7. The summed E-state index contributed by atoms with van der Waals surface area (Å²) in [5.41, 5.74) is 1.42. The molecule has 1 N–H and O–H groups in total. The van der Waals surface area contributed by atoms with Crippen molar-refractivity contribution in [2.24, 2.45) is 5.92 Å². The highest BCUT2D eigenvalue weighted by Crippen LogP contribution is 2.40. The van der Waals surface area contributed by atoms with Gasteiger partial charge in [-0.3, -0.25) is 4.79 Å². The standard InChI is InChI=1S/C16H21N3OS2/c1-9(2)7-17-13(20)8-21-15-14-11-5-4-6-12(11)22-16(14)19-10(3)18-15/h9H,4-8H2,1-3H3,(H,17,20). The molecular weight excluding hydrogens is 314 g/mol. The third-order valence-corrected chi connectivity index (χ3v) is 5.85. The Kier molecular flexibility index (Phi) is 4.68. The fourth-order valence-electron chi connectivity index (χ4n) is 2.67. The molecule has 0 radical (unpaired) electrons. The van der Waals surface area contributed by atoms with Crippen LogP contribution in [-0.2, 0) is 17.6 Å². The lowest BCUT2D eigenvalue weighted by atomic mass is 10.2. The van der Waals surface area contributed by atoms with Gasteiger partial charge in [-0.15, -0.1) is 11.3 Å². The molecule has 0 unspecified atom stereocenters. The second-order valence-corrected chi connectivity index (χ2v) is 8.15. The zero-order valence-corrected chi connectivity index (χ0v) is 14.9. The van der Waals surface area contributed by atoms with Gasteiger partial charge in [-0.2, -0.15) is 0 Å². The van der Waals surface area contributed by atoms with Crippen molar-refractivity contribution in [3.63, 3.8) is 0 Å². The quantitative estimate of drug-likeness (QED) is 0.672. The predicted octanol–water partition coefficient (Wildman–Crippen LogP) is 3.35. The van der Waals surface area contributed by atoms with Gasteiger partial charge >= 0.3 is 0 Å². The van der Waals surface area contributed by atoms with Gasteiger partial charge in [0.15, 0.2) is 0 Å². The Morgan fingerprint density at radius 3 is 2.95 bits per heavy atom. The molecule has 3 rings (SSSR count). The average Bonchev–Trinajstić information content (AvgIpc) is 3.02. The van der Waals surface area contributed by atoms with Gasteiger partial charge in [0, 0.05) is 16.8 Å². The zero-order chi connectivity index (χ0) is 15.7. The topological polar surface area (TPSA) is 54.9 Å². The highest BCUT2D eigenvalue weighted by atomic mass is 32.2. The maximum atomic E-state index is 11.9. The van der Waals surface area contributed by atoms with E-state index in [0.717, 1.165) is 35.1 Å². The van der Waals surface area contributed by atoms with Crippen molar-refractivity contribution in [1.82, 2.24) is 15.3 Å². The van der Waals surface area contributed by atoms with E-state index in [4.69, 9.17) is 0 Å². The second kappa shape index (κ2) is 6.54. The minimum atomic E-state index is 0.0787. The molecule has 1 aliphatic carbocycles. The van der Waals surface area contributed by atoms with Gasteiger partial charge in [-0.05, 0) is 37.7 Å². The molecule has 0 saturated heterocycles. The molecule has 0 bridgehead atoms. The van der Waals surface area contributed by atoms with Crippen LogP contribution in [0.2, 0.25) is 0 Å². The molecule has 4 nitrogen and oxygen atoms in total. The van der Waals surface area contributed by atoms with Gasteiger partial charge in [-0.25, -0.2) is 9.97 Å². The van der Waals surface area contributed by atoms with Crippen LogP contribution in [0.25, 0.3) is 10.2 Å². The molecule has 1 amide bonds. The molecule has 2 aromatic rings. The van der Waals surface area contributed by atoms with Crippen LogP contribution in [0.5, 0.6) is 0 Å². The highest BCUT2D eigenvalue weighted by Gasteiger charge is 2.22. The Bertz CT molecular complexity index is 709. The molecule has 118 valence electrons. The molecule has 0 fully saturated rings. The molecule has 1 aliphatic rings. The van der Waals surface area contributed by atoms with Crippen LogP contribution < -0.4 is 5.32 Å². The van der Waals surface area contributed by atoms with E-state index in [1.54, 1.807) is 11.3 Å².